The number of halogens is 4. The number of benzene rings is 1. The first-order chi connectivity index (χ1) is 11.3. The number of nitrogens with two attached hydrogens (primary N) is 1. The average Bonchev–Trinajstić information content (AvgIpc) is 2.58. The van der Waals surface area contributed by atoms with Gasteiger partial charge in [0.15, 0.2) is 0 Å². The molecule has 140 valence electrons. The van der Waals surface area contributed by atoms with E-state index in [1.54, 1.807) is 9.80 Å². The summed E-state index contributed by atoms with van der Waals surface area (Å²) < 4.78 is 37.6. The minimum Gasteiger partial charge on any atom is -0.339 e. The highest BCUT2D eigenvalue weighted by atomic mass is 35.5. The Balaban J connectivity index is 0.00000312. The summed E-state index contributed by atoms with van der Waals surface area (Å²) in [5.74, 6) is -0.306. The molecule has 0 spiro atoms. The summed E-state index contributed by atoms with van der Waals surface area (Å²) in [5, 5.41) is 0. The smallest absolute Gasteiger partial charge is 0.339 e. The molecule has 0 bridgehead atoms. The van der Waals surface area contributed by atoms with Gasteiger partial charge in [-0.15, -0.1) is 12.4 Å². The standard InChI is InChI=1S/C16H20F3N3O2.ClH/c17-16(18,19)13-5-3-12(4-6-13)15(24)22-10-8-21(9-11-22)14(23)2-1-7-20;/h3-6H,1-2,7-11,20H2;1H. The molecule has 1 aromatic rings. The number of hydrogen-bond acceptors (Lipinski definition) is 3. The van der Waals surface area contributed by atoms with Crippen LogP contribution in [0.4, 0.5) is 13.2 Å². The van der Waals surface area contributed by atoms with Gasteiger partial charge < -0.3 is 15.5 Å². The minimum absolute atomic E-state index is 0. The number of carbonyl (C=O) groups excluding carboxylic acids is 2. The Bertz CT molecular complexity index is 585. The first kappa shape index (κ1) is 21.2. The van der Waals surface area contributed by atoms with Crippen LogP contribution in [0.2, 0.25) is 0 Å². The summed E-state index contributed by atoms with van der Waals surface area (Å²) in [6.45, 7) is 2.05. The van der Waals surface area contributed by atoms with Gasteiger partial charge in [-0.25, -0.2) is 0 Å². The van der Waals surface area contributed by atoms with Gasteiger partial charge in [-0.2, -0.15) is 13.2 Å². The Hall–Kier alpha value is -1.80. The summed E-state index contributed by atoms with van der Waals surface area (Å²) >= 11 is 0. The van der Waals surface area contributed by atoms with Crippen LogP contribution in [0.1, 0.15) is 28.8 Å². The normalized spacial score (nSPS) is 14.9. The van der Waals surface area contributed by atoms with Crippen LogP contribution in [-0.2, 0) is 11.0 Å². The van der Waals surface area contributed by atoms with E-state index in [0.29, 0.717) is 45.6 Å². The van der Waals surface area contributed by atoms with Crippen LogP contribution in [-0.4, -0.2) is 54.3 Å². The van der Waals surface area contributed by atoms with Gasteiger partial charge in [-0.1, -0.05) is 0 Å². The number of nitrogens with zero attached hydrogens (tertiary/aromatic N) is 2. The molecule has 2 N–H and O–H groups in total. The fourth-order valence-corrected chi connectivity index (χ4v) is 2.55. The van der Waals surface area contributed by atoms with E-state index in [0.717, 1.165) is 12.1 Å². The van der Waals surface area contributed by atoms with Gasteiger partial charge in [0.2, 0.25) is 5.91 Å². The quantitative estimate of drug-likeness (QED) is 0.871. The SMILES string of the molecule is Cl.NCCCC(=O)N1CCN(C(=O)c2ccc(C(F)(F)F)cc2)CC1. The predicted molar refractivity (Wildman–Crippen MR) is 89.5 cm³/mol. The summed E-state index contributed by atoms with van der Waals surface area (Å²) in [4.78, 5) is 27.5. The molecular formula is C16H21ClF3N3O2. The van der Waals surface area contributed by atoms with E-state index in [1.165, 1.54) is 12.1 Å². The zero-order valence-electron chi connectivity index (χ0n) is 13.6. The van der Waals surface area contributed by atoms with E-state index < -0.39 is 11.7 Å². The van der Waals surface area contributed by atoms with Gasteiger partial charge in [0.05, 0.1) is 5.56 Å². The average molecular weight is 380 g/mol. The Labute approximate surface area is 150 Å². The molecule has 1 saturated heterocycles. The molecule has 0 atom stereocenters. The number of carbonyl (C=O) groups is 2. The molecule has 1 aliphatic heterocycles. The molecule has 9 heteroatoms. The van der Waals surface area contributed by atoms with E-state index >= 15 is 0 Å². The Morgan fingerprint density at radius 2 is 1.52 bits per heavy atom. The Morgan fingerprint density at radius 1 is 1.00 bits per heavy atom. The fourth-order valence-electron chi connectivity index (χ4n) is 2.55. The monoisotopic (exact) mass is 379 g/mol. The molecule has 1 aliphatic rings. The number of alkyl halides is 3. The minimum atomic E-state index is -4.42. The lowest BCUT2D eigenvalue weighted by atomic mass is 10.1. The molecule has 0 unspecified atom stereocenters. The number of hydrogen-bond donors (Lipinski definition) is 1. The highest BCUT2D eigenvalue weighted by Crippen LogP contribution is 2.29. The lowest BCUT2D eigenvalue weighted by Crippen LogP contribution is -2.50. The molecule has 25 heavy (non-hydrogen) atoms. The lowest BCUT2D eigenvalue weighted by molar-refractivity contribution is -0.137. The molecule has 0 aromatic heterocycles. The zero-order valence-corrected chi connectivity index (χ0v) is 14.4. The van der Waals surface area contributed by atoms with Crippen molar-refractivity contribution in [3.63, 3.8) is 0 Å². The van der Waals surface area contributed by atoms with E-state index in [9.17, 15) is 22.8 Å². The van der Waals surface area contributed by atoms with Crippen molar-refractivity contribution >= 4 is 24.2 Å². The van der Waals surface area contributed by atoms with Crippen molar-refractivity contribution in [2.75, 3.05) is 32.7 Å². The highest BCUT2D eigenvalue weighted by Gasteiger charge is 2.31. The molecule has 0 aliphatic carbocycles. The van der Waals surface area contributed by atoms with Crippen LogP contribution in [0.25, 0.3) is 0 Å². The molecule has 2 amide bonds. The molecule has 0 radical (unpaired) electrons. The second-order valence-electron chi connectivity index (χ2n) is 5.64. The first-order valence-corrected chi connectivity index (χ1v) is 7.77. The molecule has 0 saturated carbocycles. The van der Waals surface area contributed by atoms with Gasteiger partial charge in [-0.3, -0.25) is 9.59 Å². The van der Waals surface area contributed by atoms with E-state index in [1.807, 2.05) is 0 Å². The third kappa shape index (κ3) is 5.61. The largest absolute Gasteiger partial charge is 0.416 e. The first-order valence-electron chi connectivity index (χ1n) is 7.77. The molecule has 2 rings (SSSR count). The Kier molecular flexibility index (Phi) is 7.69. The number of piperazine rings is 1. The summed E-state index contributed by atoms with van der Waals surface area (Å²) in [7, 11) is 0. The fraction of sp³-hybridized carbons (Fsp3) is 0.500. The maximum Gasteiger partial charge on any atom is 0.416 e. The summed E-state index contributed by atoms with van der Waals surface area (Å²) in [6.07, 6.45) is -3.40. The number of rotatable bonds is 4. The van der Waals surface area contributed by atoms with E-state index in [-0.39, 0.29) is 29.8 Å². The van der Waals surface area contributed by atoms with Gasteiger partial charge in [0, 0.05) is 38.2 Å². The summed E-state index contributed by atoms with van der Waals surface area (Å²) in [6, 6.07) is 4.17. The van der Waals surface area contributed by atoms with Crippen molar-refractivity contribution in [3.8, 4) is 0 Å². The molecule has 1 heterocycles. The van der Waals surface area contributed by atoms with Crippen molar-refractivity contribution in [1.29, 1.82) is 0 Å². The predicted octanol–water partition coefficient (Wildman–Crippen LogP) is 2.15. The highest BCUT2D eigenvalue weighted by molar-refractivity contribution is 5.94. The zero-order chi connectivity index (χ0) is 17.7. The molecule has 5 nitrogen and oxygen atoms in total. The Morgan fingerprint density at radius 3 is 2.00 bits per heavy atom. The lowest BCUT2D eigenvalue weighted by Gasteiger charge is -2.35. The second-order valence-corrected chi connectivity index (χ2v) is 5.64. The molecule has 1 aromatic carbocycles. The number of amides is 2. The van der Waals surface area contributed by atoms with E-state index in [4.69, 9.17) is 5.73 Å². The van der Waals surface area contributed by atoms with Crippen molar-refractivity contribution < 1.29 is 22.8 Å². The van der Waals surface area contributed by atoms with Crippen LogP contribution >= 0.6 is 12.4 Å². The van der Waals surface area contributed by atoms with E-state index in [2.05, 4.69) is 0 Å². The maximum absolute atomic E-state index is 12.5. The van der Waals surface area contributed by atoms with Crippen LogP contribution in [0.3, 0.4) is 0 Å². The van der Waals surface area contributed by atoms with Crippen LogP contribution in [0.15, 0.2) is 24.3 Å². The second kappa shape index (κ2) is 9.05. The van der Waals surface area contributed by atoms with Gasteiger partial charge >= 0.3 is 6.18 Å². The van der Waals surface area contributed by atoms with Crippen LogP contribution in [0.5, 0.6) is 0 Å². The van der Waals surface area contributed by atoms with Crippen LogP contribution < -0.4 is 5.73 Å². The van der Waals surface area contributed by atoms with Crippen molar-refractivity contribution in [2.24, 2.45) is 5.73 Å². The molecule has 1 fully saturated rings. The van der Waals surface area contributed by atoms with Crippen molar-refractivity contribution in [3.05, 3.63) is 35.4 Å². The van der Waals surface area contributed by atoms with Gasteiger partial charge in [-0.05, 0) is 37.2 Å². The topological polar surface area (TPSA) is 66.6 Å². The van der Waals surface area contributed by atoms with Crippen molar-refractivity contribution in [1.82, 2.24) is 9.80 Å². The van der Waals surface area contributed by atoms with Gasteiger partial charge in [0.1, 0.15) is 0 Å². The van der Waals surface area contributed by atoms with Crippen molar-refractivity contribution in [2.45, 2.75) is 19.0 Å². The van der Waals surface area contributed by atoms with Crippen LogP contribution in [0, 0.1) is 0 Å². The maximum atomic E-state index is 12.5. The van der Waals surface area contributed by atoms with Gasteiger partial charge in [0.25, 0.3) is 5.91 Å². The molecular weight excluding hydrogens is 359 g/mol. The summed E-state index contributed by atoms with van der Waals surface area (Å²) in [5.41, 5.74) is 4.81. The third-order valence-electron chi connectivity index (χ3n) is 3.97. The third-order valence-corrected chi connectivity index (χ3v) is 3.97.